The first-order valence-corrected chi connectivity index (χ1v) is 13.2. The molecule has 2 atom stereocenters. The Labute approximate surface area is 246 Å². The van der Waals surface area contributed by atoms with Gasteiger partial charge in [-0.15, -0.1) is 0 Å². The largest absolute Gasteiger partial charge is 0.501 e. The van der Waals surface area contributed by atoms with Crippen LogP contribution in [-0.2, 0) is 14.6 Å². The minimum atomic E-state index is -1.96. The molecule has 41 heavy (non-hydrogen) atoms. The average molecular weight is 533 g/mol. The molecule has 0 N–H and O–H groups in total. The van der Waals surface area contributed by atoms with Crippen molar-refractivity contribution >= 4 is 64.6 Å². The molecule has 1 unspecified atom stereocenters. The first-order valence-electron chi connectivity index (χ1n) is 13.2. The fraction of sp³-hybridized carbons (Fsp3) is 0.370. The summed E-state index contributed by atoms with van der Waals surface area (Å²) in [6, 6.07) is 7.87. The van der Waals surface area contributed by atoms with Crippen LogP contribution in [0.3, 0.4) is 0 Å². The Morgan fingerprint density at radius 2 is 1.78 bits per heavy atom. The van der Waals surface area contributed by atoms with E-state index >= 15 is 0 Å². The van der Waals surface area contributed by atoms with Gasteiger partial charge in [0, 0.05) is 36.8 Å². The van der Waals surface area contributed by atoms with Crippen LogP contribution in [0.4, 0.5) is 10.1 Å². The molecule has 12 radical (unpaired) electrons. The Morgan fingerprint density at radius 3 is 2.44 bits per heavy atom. The van der Waals surface area contributed by atoms with Crippen molar-refractivity contribution in [2.45, 2.75) is 42.3 Å². The van der Waals surface area contributed by atoms with E-state index in [4.69, 9.17) is 66.1 Å². The SMILES string of the molecule is [B]C([B])([B])OC1=C2c3ncc(-c4c(C)noc4C([B])([B])[B])cc3N([C@H](c3ccc(F)cc3)C3CCOCC3)C2C=N1. The van der Waals surface area contributed by atoms with Crippen LogP contribution in [0.15, 0.2) is 51.9 Å². The van der Waals surface area contributed by atoms with Crippen molar-refractivity contribution in [2.75, 3.05) is 18.1 Å². The van der Waals surface area contributed by atoms with Crippen molar-refractivity contribution in [1.29, 1.82) is 0 Å². The molecule has 6 rings (SSSR count). The second kappa shape index (κ2) is 10.3. The van der Waals surface area contributed by atoms with Crippen LogP contribution < -0.4 is 4.90 Å². The van der Waals surface area contributed by atoms with E-state index < -0.39 is 16.5 Å². The van der Waals surface area contributed by atoms with E-state index in [-0.39, 0.29) is 29.4 Å². The number of hydrogen-bond donors (Lipinski definition) is 0. The fourth-order valence-corrected chi connectivity index (χ4v) is 5.93. The number of rotatable bonds is 7. The maximum absolute atomic E-state index is 14.0. The minimum Gasteiger partial charge on any atom is -0.501 e. The summed E-state index contributed by atoms with van der Waals surface area (Å²) >= 11 is 0. The first-order chi connectivity index (χ1) is 19.4. The lowest BCUT2D eigenvalue weighted by molar-refractivity contribution is 0.0573. The summed E-state index contributed by atoms with van der Waals surface area (Å²) in [6.07, 6.45) is 5.00. The van der Waals surface area contributed by atoms with Crippen molar-refractivity contribution in [1.82, 2.24) is 10.1 Å². The Hall–Kier alpha value is -3.13. The second-order valence-corrected chi connectivity index (χ2v) is 10.7. The van der Waals surface area contributed by atoms with E-state index in [0.717, 1.165) is 24.1 Å². The highest BCUT2D eigenvalue weighted by molar-refractivity contribution is 6.59. The highest BCUT2D eigenvalue weighted by Gasteiger charge is 2.46. The van der Waals surface area contributed by atoms with Gasteiger partial charge >= 0.3 is 0 Å². The van der Waals surface area contributed by atoms with Gasteiger partial charge < -0.3 is 18.9 Å². The number of anilines is 1. The van der Waals surface area contributed by atoms with Crippen LogP contribution in [0.25, 0.3) is 16.7 Å². The van der Waals surface area contributed by atoms with Gasteiger partial charge in [-0.25, -0.2) is 9.38 Å². The minimum absolute atomic E-state index is 0.116. The maximum atomic E-state index is 14.0. The summed E-state index contributed by atoms with van der Waals surface area (Å²) in [5.74, 6) is 0.130. The molecule has 192 valence electrons. The molecule has 7 nitrogen and oxygen atoms in total. The van der Waals surface area contributed by atoms with E-state index in [1.54, 1.807) is 31.5 Å². The number of benzene rings is 1. The van der Waals surface area contributed by atoms with Crippen LogP contribution in [0.5, 0.6) is 0 Å². The zero-order chi connectivity index (χ0) is 29.1. The van der Waals surface area contributed by atoms with Crippen LogP contribution in [-0.4, -0.2) is 88.0 Å². The van der Waals surface area contributed by atoms with Crippen molar-refractivity contribution < 1.29 is 18.4 Å². The topological polar surface area (TPSA) is 73.0 Å². The normalized spacial score (nSPS) is 19.9. The molecule has 0 bridgehead atoms. The quantitative estimate of drug-likeness (QED) is 0.433. The number of hydrogen-bond acceptors (Lipinski definition) is 7. The maximum Gasteiger partial charge on any atom is 0.219 e. The molecule has 5 heterocycles. The van der Waals surface area contributed by atoms with E-state index in [2.05, 4.69) is 15.0 Å². The molecular weight excluding hydrogens is 512 g/mol. The van der Waals surface area contributed by atoms with Crippen molar-refractivity contribution in [2.24, 2.45) is 10.9 Å². The van der Waals surface area contributed by atoms with Gasteiger partial charge in [0.1, 0.15) is 35.1 Å². The number of aryl methyl sites for hydroxylation is 1. The molecule has 1 saturated heterocycles. The van der Waals surface area contributed by atoms with E-state index in [9.17, 15) is 4.39 Å². The van der Waals surface area contributed by atoms with Gasteiger partial charge in [-0.3, -0.25) is 4.98 Å². The lowest BCUT2D eigenvalue weighted by atomic mass is 9.41. The van der Waals surface area contributed by atoms with Gasteiger partial charge in [0.05, 0.1) is 58.3 Å². The lowest BCUT2D eigenvalue weighted by Gasteiger charge is -2.40. The van der Waals surface area contributed by atoms with Crippen LogP contribution in [0.2, 0.25) is 0 Å². The predicted octanol–water partition coefficient (Wildman–Crippen LogP) is 2.04. The third kappa shape index (κ3) is 5.20. The molecule has 2 aromatic heterocycles. The molecular formula is C27H21B6FN4O3. The molecule has 0 aliphatic carbocycles. The molecule has 0 spiro atoms. The first kappa shape index (κ1) is 28.0. The second-order valence-electron chi connectivity index (χ2n) is 10.7. The summed E-state index contributed by atoms with van der Waals surface area (Å²) in [4.78, 5) is 11.5. The van der Waals surface area contributed by atoms with Crippen LogP contribution >= 0.6 is 0 Å². The van der Waals surface area contributed by atoms with Gasteiger partial charge in [-0.1, -0.05) is 22.4 Å². The van der Waals surface area contributed by atoms with Crippen molar-refractivity contribution in [3.05, 3.63) is 70.9 Å². The fourth-order valence-electron chi connectivity index (χ4n) is 5.93. The number of fused-ring (bicyclic) bond motifs is 3. The third-order valence-electron chi connectivity index (χ3n) is 7.60. The van der Waals surface area contributed by atoms with Gasteiger partial charge in [0.15, 0.2) is 0 Å². The summed E-state index contributed by atoms with van der Waals surface area (Å²) in [5, 5.41) is 0.320. The van der Waals surface area contributed by atoms with Crippen molar-refractivity contribution in [3.63, 3.8) is 0 Å². The summed E-state index contributed by atoms with van der Waals surface area (Å²) in [6.45, 7) is 2.99. The summed E-state index contributed by atoms with van der Waals surface area (Å²) in [5.41, 5.74) is 4.67. The highest BCUT2D eigenvalue weighted by atomic mass is 19.1. The van der Waals surface area contributed by atoms with E-state index in [0.29, 0.717) is 41.3 Å². The third-order valence-corrected chi connectivity index (χ3v) is 7.60. The predicted molar refractivity (Wildman–Crippen MR) is 159 cm³/mol. The van der Waals surface area contributed by atoms with Gasteiger partial charge in [0.2, 0.25) is 5.88 Å². The molecule has 3 aliphatic rings. The summed E-state index contributed by atoms with van der Waals surface area (Å²) in [7, 11) is 35.4. The molecule has 1 aromatic carbocycles. The molecule has 14 heteroatoms. The van der Waals surface area contributed by atoms with E-state index in [1.165, 1.54) is 12.1 Å². The van der Waals surface area contributed by atoms with Crippen molar-refractivity contribution in [3.8, 4) is 11.1 Å². The lowest BCUT2D eigenvalue weighted by Crippen LogP contribution is -2.41. The number of aromatic nitrogens is 2. The van der Waals surface area contributed by atoms with Crippen LogP contribution in [0.1, 0.15) is 41.6 Å². The van der Waals surface area contributed by atoms with E-state index in [1.807, 2.05) is 6.07 Å². The molecule has 3 aromatic rings. The zero-order valence-corrected chi connectivity index (χ0v) is 22.5. The van der Waals surface area contributed by atoms with Gasteiger partial charge in [0.25, 0.3) is 0 Å². The summed E-state index contributed by atoms with van der Waals surface area (Å²) < 4.78 is 30.8. The number of halogens is 1. The Kier molecular flexibility index (Phi) is 7.04. The average Bonchev–Trinajstić information content (AvgIpc) is 3.58. The Balaban J connectivity index is 1.56. The zero-order valence-electron chi connectivity index (χ0n) is 22.5. The number of nitrogens with zero attached hydrogens (tertiary/aromatic N) is 4. The van der Waals surface area contributed by atoms with Gasteiger partial charge in [-0.2, -0.15) is 0 Å². The monoisotopic (exact) mass is 534 g/mol. The molecule has 0 amide bonds. The van der Waals surface area contributed by atoms with Gasteiger partial charge in [-0.05, 0) is 54.7 Å². The number of aliphatic imine (C=N–C) groups is 1. The number of ether oxygens (including phenoxy) is 2. The standard InChI is InChI=1S/C27H21B6FN4O3/c1-13-20(24(41-37-13)26(28,29)30)16-10-18-22(35-11-16)21-19(12-36-25(21)40-27(31,32)33)38(18)23(15-6-8-39-9-7-15)14-2-4-17(34)5-3-14/h2-5,10-12,15,19,23H,6-9H2,1H3/t19?,23-/m1/s1. The Morgan fingerprint density at radius 1 is 1.07 bits per heavy atom. The number of pyridine rings is 1. The smallest absolute Gasteiger partial charge is 0.219 e. The Bertz CT molecular complexity index is 1530. The molecule has 1 fully saturated rings. The molecule has 0 saturated carbocycles. The molecule has 3 aliphatic heterocycles. The van der Waals surface area contributed by atoms with Crippen LogP contribution in [0, 0.1) is 18.7 Å². The highest BCUT2D eigenvalue weighted by Crippen LogP contribution is 2.51.